The van der Waals surface area contributed by atoms with Crippen LogP contribution in [0.4, 0.5) is 0 Å². The van der Waals surface area contributed by atoms with Crippen molar-refractivity contribution in [2.75, 3.05) is 6.61 Å². The molecule has 2 aliphatic rings. The van der Waals surface area contributed by atoms with E-state index >= 15 is 0 Å². The van der Waals surface area contributed by atoms with Gasteiger partial charge in [-0.15, -0.1) is 0 Å². The Bertz CT molecular complexity index is 339. The number of hydrogen-bond donors (Lipinski definition) is 2. The molecule has 0 spiro atoms. The van der Waals surface area contributed by atoms with Crippen LogP contribution in [0.1, 0.15) is 57.8 Å². The van der Waals surface area contributed by atoms with Gasteiger partial charge in [-0.3, -0.25) is 9.59 Å². The number of nitrogens with one attached hydrogen (secondary N) is 1. The van der Waals surface area contributed by atoms with Crippen LogP contribution < -0.4 is 5.32 Å². The first-order valence-electron chi connectivity index (χ1n) is 7.83. The van der Waals surface area contributed by atoms with Gasteiger partial charge in [-0.2, -0.15) is 0 Å². The maximum atomic E-state index is 12.2. The van der Waals surface area contributed by atoms with Crippen LogP contribution in [0.5, 0.6) is 0 Å². The molecule has 5 heteroatoms. The highest BCUT2D eigenvalue weighted by molar-refractivity contribution is 5.82. The van der Waals surface area contributed by atoms with Crippen molar-refractivity contribution in [3.05, 3.63) is 0 Å². The molecule has 2 N–H and O–H groups in total. The molecule has 1 heterocycles. The Kier molecular flexibility index (Phi) is 5.83. The number of carboxylic acids is 1. The summed E-state index contributed by atoms with van der Waals surface area (Å²) in [5.41, 5.74) is 0. The number of amides is 1. The van der Waals surface area contributed by atoms with Crippen molar-refractivity contribution in [1.82, 2.24) is 5.32 Å². The highest BCUT2D eigenvalue weighted by Crippen LogP contribution is 2.24. The van der Waals surface area contributed by atoms with Crippen LogP contribution in [0.3, 0.4) is 0 Å². The monoisotopic (exact) mass is 283 g/mol. The van der Waals surface area contributed by atoms with E-state index in [-0.39, 0.29) is 18.1 Å². The lowest BCUT2D eigenvalue weighted by Gasteiger charge is -2.30. The van der Waals surface area contributed by atoms with E-state index in [0.29, 0.717) is 13.0 Å². The Hall–Kier alpha value is -1.10. The van der Waals surface area contributed by atoms with Crippen LogP contribution in [0.2, 0.25) is 0 Å². The predicted molar refractivity (Wildman–Crippen MR) is 74.3 cm³/mol. The SMILES string of the molecule is O=C(NC1CCCCCCC1C(=O)O)C1CCCCO1. The number of ether oxygens (including phenoxy) is 1. The zero-order valence-corrected chi connectivity index (χ0v) is 12.0. The summed E-state index contributed by atoms with van der Waals surface area (Å²) in [5.74, 6) is -1.37. The first-order valence-corrected chi connectivity index (χ1v) is 7.83. The van der Waals surface area contributed by atoms with Crippen molar-refractivity contribution >= 4 is 11.9 Å². The van der Waals surface area contributed by atoms with E-state index < -0.39 is 11.9 Å². The standard InChI is InChI=1S/C15H25NO4/c17-14(13-9-5-6-10-20-13)16-12-8-4-2-1-3-7-11(12)15(18)19/h11-13H,1-10H2,(H,16,17)(H,18,19). The Morgan fingerprint density at radius 2 is 1.65 bits per heavy atom. The largest absolute Gasteiger partial charge is 0.481 e. The van der Waals surface area contributed by atoms with Crippen molar-refractivity contribution in [2.45, 2.75) is 69.9 Å². The van der Waals surface area contributed by atoms with E-state index in [0.717, 1.165) is 51.4 Å². The molecule has 2 rings (SSSR count). The molecule has 1 amide bonds. The summed E-state index contributed by atoms with van der Waals surface area (Å²) in [4.78, 5) is 23.6. The zero-order chi connectivity index (χ0) is 14.4. The molecular weight excluding hydrogens is 258 g/mol. The molecule has 2 fully saturated rings. The first kappa shape index (κ1) is 15.3. The summed E-state index contributed by atoms with van der Waals surface area (Å²) in [6.45, 7) is 0.630. The third kappa shape index (κ3) is 4.20. The lowest BCUT2D eigenvalue weighted by molar-refractivity contribution is -0.144. The summed E-state index contributed by atoms with van der Waals surface area (Å²) in [6.07, 6.45) is 7.93. The molecule has 1 saturated heterocycles. The van der Waals surface area contributed by atoms with E-state index in [1.807, 2.05) is 0 Å². The van der Waals surface area contributed by atoms with Crippen LogP contribution in [-0.2, 0) is 14.3 Å². The maximum Gasteiger partial charge on any atom is 0.308 e. The summed E-state index contributed by atoms with van der Waals surface area (Å²) < 4.78 is 5.47. The summed E-state index contributed by atoms with van der Waals surface area (Å²) in [6, 6.07) is -0.245. The van der Waals surface area contributed by atoms with Crippen molar-refractivity contribution in [3.63, 3.8) is 0 Å². The second-order valence-corrected chi connectivity index (χ2v) is 5.91. The normalized spacial score (nSPS) is 31.9. The van der Waals surface area contributed by atoms with Gasteiger partial charge in [0.2, 0.25) is 5.91 Å². The molecule has 0 aromatic heterocycles. The minimum Gasteiger partial charge on any atom is -0.481 e. The number of rotatable bonds is 3. The minimum absolute atomic E-state index is 0.124. The second-order valence-electron chi connectivity index (χ2n) is 5.91. The summed E-state index contributed by atoms with van der Waals surface area (Å²) in [5, 5.41) is 12.3. The average molecular weight is 283 g/mol. The van der Waals surface area contributed by atoms with Gasteiger partial charge < -0.3 is 15.2 Å². The number of carboxylic acid groups (broad SMARTS) is 1. The van der Waals surface area contributed by atoms with Crippen molar-refractivity contribution in [2.24, 2.45) is 5.92 Å². The van der Waals surface area contributed by atoms with Gasteiger partial charge in [0.15, 0.2) is 0 Å². The molecule has 1 aliphatic carbocycles. The van der Waals surface area contributed by atoms with E-state index in [4.69, 9.17) is 4.74 Å². The number of carbonyl (C=O) groups is 2. The molecule has 114 valence electrons. The Morgan fingerprint density at radius 3 is 2.30 bits per heavy atom. The van der Waals surface area contributed by atoms with Crippen LogP contribution in [-0.4, -0.2) is 35.7 Å². The molecule has 0 aromatic rings. The summed E-state index contributed by atoms with van der Waals surface area (Å²) >= 11 is 0. The third-order valence-electron chi connectivity index (χ3n) is 4.38. The minimum atomic E-state index is -0.790. The molecule has 0 bridgehead atoms. The molecule has 0 aromatic carbocycles. The number of carbonyl (C=O) groups excluding carboxylic acids is 1. The fourth-order valence-electron chi connectivity index (χ4n) is 3.18. The topological polar surface area (TPSA) is 75.6 Å². The van der Waals surface area contributed by atoms with E-state index in [1.165, 1.54) is 0 Å². The molecule has 1 aliphatic heterocycles. The smallest absolute Gasteiger partial charge is 0.308 e. The highest BCUT2D eigenvalue weighted by Gasteiger charge is 2.32. The number of aliphatic carboxylic acids is 1. The molecule has 20 heavy (non-hydrogen) atoms. The molecule has 3 atom stereocenters. The highest BCUT2D eigenvalue weighted by atomic mass is 16.5. The van der Waals surface area contributed by atoms with Crippen LogP contribution in [0.15, 0.2) is 0 Å². The molecule has 5 nitrogen and oxygen atoms in total. The van der Waals surface area contributed by atoms with Gasteiger partial charge in [-0.05, 0) is 32.1 Å². The van der Waals surface area contributed by atoms with E-state index in [9.17, 15) is 14.7 Å². The van der Waals surface area contributed by atoms with E-state index in [1.54, 1.807) is 0 Å². The van der Waals surface area contributed by atoms with Gasteiger partial charge in [0.05, 0.1) is 5.92 Å². The predicted octanol–water partition coefficient (Wildman–Crippen LogP) is 2.10. The van der Waals surface area contributed by atoms with Crippen LogP contribution >= 0.6 is 0 Å². The fraction of sp³-hybridized carbons (Fsp3) is 0.867. The molecular formula is C15H25NO4. The quantitative estimate of drug-likeness (QED) is 0.831. The van der Waals surface area contributed by atoms with Gasteiger partial charge in [0, 0.05) is 12.6 Å². The Balaban J connectivity index is 1.94. The van der Waals surface area contributed by atoms with Gasteiger partial charge in [0.25, 0.3) is 0 Å². The van der Waals surface area contributed by atoms with Gasteiger partial charge >= 0.3 is 5.97 Å². The lowest BCUT2D eigenvalue weighted by Crippen LogP contribution is -2.48. The van der Waals surface area contributed by atoms with Gasteiger partial charge in [-0.1, -0.05) is 25.7 Å². The van der Waals surface area contributed by atoms with Crippen LogP contribution in [0, 0.1) is 5.92 Å². The maximum absolute atomic E-state index is 12.2. The van der Waals surface area contributed by atoms with Crippen LogP contribution in [0.25, 0.3) is 0 Å². The van der Waals surface area contributed by atoms with Gasteiger partial charge in [-0.25, -0.2) is 0 Å². The summed E-state index contributed by atoms with van der Waals surface area (Å²) in [7, 11) is 0. The third-order valence-corrected chi connectivity index (χ3v) is 4.38. The van der Waals surface area contributed by atoms with Gasteiger partial charge in [0.1, 0.15) is 6.10 Å². The Morgan fingerprint density at radius 1 is 0.950 bits per heavy atom. The Labute approximate surface area is 120 Å². The van der Waals surface area contributed by atoms with Crippen molar-refractivity contribution < 1.29 is 19.4 Å². The lowest BCUT2D eigenvalue weighted by atomic mass is 9.86. The molecule has 3 unspecified atom stereocenters. The number of hydrogen-bond acceptors (Lipinski definition) is 3. The first-order chi connectivity index (χ1) is 9.68. The van der Waals surface area contributed by atoms with E-state index in [2.05, 4.69) is 5.32 Å². The van der Waals surface area contributed by atoms with Crippen molar-refractivity contribution in [3.8, 4) is 0 Å². The molecule has 0 radical (unpaired) electrons. The van der Waals surface area contributed by atoms with Crippen molar-refractivity contribution in [1.29, 1.82) is 0 Å². The zero-order valence-electron chi connectivity index (χ0n) is 12.0. The molecule has 1 saturated carbocycles. The fourth-order valence-corrected chi connectivity index (χ4v) is 3.18. The average Bonchev–Trinajstić information content (AvgIpc) is 2.42. The second kappa shape index (κ2) is 7.62.